The Kier molecular flexibility index (Phi) is 12.4. The Labute approximate surface area is 168 Å². The van der Waals surface area contributed by atoms with Crippen LogP contribution in [0.3, 0.4) is 0 Å². The van der Waals surface area contributed by atoms with Gasteiger partial charge >= 0.3 is 0 Å². The first-order valence-electron chi connectivity index (χ1n) is 8.35. The number of aliphatic imine (C=N–C) groups is 1. The van der Waals surface area contributed by atoms with E-state index in [9.17, 15) is 0 Å². The van der Waals surface area contributed by atoms with Crippen molar-refractivity contribution in [2.45, 2.75) is 32.8 Å². The molecule has 0 saturated carbocycles. The summed E-state index contributed by atoms with van der Waals surface area (Å²) in [5.41, 5.74) is -0.264. The lowest BCUT2D eigenvalue weighted by molar-refractivity contribution is 0.0310. The molecule has 0 atom stereocenters. The molecule has 0 bridgehead atoms. The van der Waals surface area contributed by atoms with E-state index < -0.39 is 0 Å². The van der Waals surface area contributed by atoms with Gasteiger partial charge in [-0.25, -0.2) is 0 Å². The topological polar surface area (TPSA) is 64.1 Å². The Hall–Kier alpha value is -1.22. The lowest BCUT2D eigenvalue weighted by Crippen LogP contribution is -2.39. The molecule has 0 aliphatic carbocycles. The lowest BCUT2D eigenvalue weighted by atomic mass is 10.1. The number of nitrogens with zero attached hydrogens (tertiary/aromatic N) is 1. The number of ether oxygens (including phenoxy) is 3. The fourth-order valence-electron chi connectivity index (χ4n) is 1.82. The minimum Gasteiger partial charge on any atom is -0.497 e. The minimum absolute atomic E-state index is 0. The standard InChI is InChI=1S/C18H31N3O3.HI/c1-6-19-17(21-14-18(2,3)23-5)20-12-7-13-24-16-10-8-15(22-4)9-11-16;/h8-11H,6-7,12-14H2,1-5H3,(H2,19,20,21);1H. The molecule has 1 aromatic rings. The van der Waals surface area contributed by atoms with Crippen LogP contribution in [0.1, 0.15) is 27.2 Å². The molecular formula is C18H32IN3O3. The molecule has 0 aliphatic heterocycles. The number of rotatable bonds is 10. The second-order valence-electron chi connectivity index (χ2n) is 5.96. The van der Waals surface area contributed by atoms with Crippen molar-refractivity contribution < 1.29 is 14.2 Å². The molecule has 25 heavy (non-hydrogen) atoms. The molecule has 0 amide bonds. The van der Waals surface area contributed by atoms with Gasteiger partial charge in [-0.3, -0.25) is 4.99 Å². The Bertz CT molecular complexity index is 493. The predicted molar refractivity (Wildman–Crippen MR) is 114 cm³/mol. The molecule has 144 valence electrons. The van der Waals surface area contributed by atoms with Crippen LogP contribution in [0.4, 0.5) is 0 Å². The number of methoxy groups -OCH3 is 2. The van der Waals surface area contributed by atoms with Crippen LogP contribution in [0.15, 0.2) is 29.3 Å². The molecule has 0 radical (unpaired) electrons. The molecule has 1 aromatic carbocycles. The van der Waals surface area contributed by atoms with Crippen LogP contribution in [0.2, 0.25) is 0 Å². The first kappa shape index (κ1) is 23.8. The summed E-state index contributed by atoms with van der Waals surface area (Å²) >= 11 is 0. The maximum atomic E-state index is 5.70. The number of hydrogen-bond acceptors (Lipinski definition) is 4. The predicted octanol–water partition coefficient (Wildman–Crippen LogP) is 3.06. The molecule has 0 heterocycles. The maximum absolute atomic E-state index is 5.70. The molecular weight excluding hydrogens is 433 g/mol. The zero-order valence-corrected chi connectivity index (χ0v) is 18.3. The summed E-state index contributed by atoms with van der Waals surface area (Å²) < 4.78 is 16.2. The highest BCUT2D eigenvalue weighted by atomic mass is 127. The van der Waals surface area contributed by atoms with E-state index >= 15 is 0 Å². The monoisotopic (exact) mass is 465 g/mol. The first-order valence-corrected chi connectivity index (χ1v) is 8.35. The van der Waals surface area contributed by atoms with Gasteiger partial charge in [0.25, 0.3) is 0 Å². The largest absolute Gasteiger partial charge is 0.497 e. The van der Waals surface area contributed by atoms with E-state index in [2.05, 4.69) is 15.6 Å². The van der Waals surface area contributed by atoms with Crippen LogP contribution >= 0.6 is 24.0 Å². The van der Waals surface area contributed by atoms with Crippen molar-refractivity contribution in [3.05, 3.63) is 24.3 Å². The Morgan fingerprint density at radius 3 is 2.28 bits per heavy atom. The maximum Gasteiger partial charge on any atom is 0.191 e. The molecule has 0 fully saturated rings. The summed E-state index contributed by atoms with van der Waals surface area (Å²) in [6.07, 6.45) is 0.879. The van der Waals surface area contributed by atoms with Crippen molar-refractivity contribution in [1.82, 2.24) is 10.6 Å². The van der Waals surface area contributed by atoms with Gasteiger partial charge in [0, 0.05) is 20.2 Å². The summed E-state index contributed by atoms with van der Waals surface area (Å²) in [7, 11) is 3.35. The Morgan fingerprint density at radius 2 is 1.72 bits per heavy atom. The fourth-order valence-corrected chi connectivity index (χ4v) is 1.82. The number of hydrogen-bond donors (Lipinski definition) is 2. The highest BCUT2D eigenvalue weighted by molar-refractivity contribution is 14.0. The molecule has 0 spiro atoms. The van der Waals surface area contributed by atoms with E-state index in [0.29, 0.717) is 13.2 Å². The van der Waals surface area contributed by atoms with E-state index in [-0.39, 0.29) is 29.6 Å². The van der Waals surface area contributed by atoms with Crippen LogP contribution in [-0.4, -0.2) is 52.0 Å². The second kappa shape index (κ2) is 13.0. The smallest absolute Gasteiger partial charge is 0.191 e. The van der Waals surface area contributed by atoms with Crippen LogP contribution < -0.4 is 20.1 Å². The van der Waals surface area contributed by atoms with E-state index in [1.165, 1.54) is 0 Å². The number of halogens is 1. The van der Waals surface area contributed by atoms with Gasteiger partial charge in [0.1, 0.15) is 11.5 Å². The van der Waals surface area contributed by atoms with Gasteiger partial charge in [-0.15, -0.1) is 24.0 Å². The van der Waals surface area contributed by atoms with Gasteiger partial charge in [0.05, 0.1) is 25.9 Å². The summed E-state index contributed by atoms with van der Waals surface area (Å²) in [5, 5.41) is 6.53. The van der Waals surface area contributed by atoms with Crippen molar-refractivity contribution in [1.29, 1.82) is 0 Å². The van der Waals surface area contributed by atoms with E-state index in [4.69, 9.17) is 14.2 Å². The molecule has 0 aromatic heterocycles. The third-order valence-corrected chi connectivity index (χ3v) is 3.46. The number of nitrogens with one attached hydrogen (secondary N) is 2. The first-order chi connectivity index (χ1) is 11.5. The zero-order valence-electron chi connectivity index (χ0n) is 15.9. The van der Waals surface area contributed by atoms with Crippen molar-refractivity contribution in [3.63, 3.8) is 0 Å². The summed E-state index contributed by atoms with van der Waals surface area (Å²) in [4.78, 5) is 4.55. The van der Waals surface area contributed by atoms with Gasteiger partial charge in [-0.2, -0.15) is 0 Å². The molecule has 0 aliphatic rings. The molecule has 0 saturated heterocycles. The van der Waals surface area contributed by atoms with Crippen molar-refractivity contribution in [2.75, 3.05) is 40.5 Å². The lowest BCUT2D eigenvalue weighted by Gasteiger charge is -2.21. The molecule has 7 heteroatoms. The fraction of sp³-hybridized carbons (Fsp3) is 0.611. The van der Waals surface area contributed by atoms with Crippen molar-refractivity contribution in [3.8, 4) is 11.5 Å². The minimum atomic E-state index is -0.264. The van der Waals surface area contributed by atoms with Gasteiger partial charge in [-0.05, 0) is 51.5 Å². The summed E-state index contributed by atoms with van der Waals surface area (Å²) in [6, 6.07) is 7.59. The SMILES string of the molecule is CCNC(=NCC(C)(C)OC)NCCCOc1ccc(OC)cc1.I. The molecule has 1 rings (SSSR count). The van der Waals surface area contributed by atoms with Crippen molar-refractivity contribution in [2.24, 2.45) is 4.99 Å². The van der Waals surface area contributed by atoms with Crippen LogP contribution in [0, 0.1) is 0 Å². The number of guanidine groups is 1. The van der Waals surface area contributed by atoms with Gasteiger partial charge in [0.2, 0.25) is 0 Å². The zero-order chi connectivity index (χ0) is 17.8. The van der Waals surface area contributed by atoms with Crippen LogP contribution in [0.5, 0.6) is 11.5 Å². The van der Waals surface area contributed by atoms with Crippen molar-refractivity contribution >= 4 is 29.9 Å². The van der Waals surface area contributed by atoms with Crippen LogP contribution in [-0.2, 0) is 4.74 Å². The third-order valence-electron chi connectivity index (χ3n) is 3.46. The van der Waals surface area contributed by atoms with Gasteiger partial charge < -0.3 is 24.8 Å². The van der Waals surface area contributed by atoms with Crippen LogP contribution in [0.25, 0.3) is 0 Å². The van der Waals surface area contributed by atoms with E-state index in [0.717, 1.165) is 37.0 Å². The molecule has 6 nitrogen and oxygen atoms in total. The number of benzene rings is 1. The highest BCUT2D eigenvalue weighted by Gasteiger charge is 2.15. The summed E-state index contributed by atoms with van der Waals surface area (Å²) in [6.45, 7) is 8.93. The summed E-state index contributed by atoms with van der Waals surface area (Å²) in [5.74, 6) is 2.47. The quantitative estimate of drug-likeness (QED) is 0.241. The van der Waals surface area contributed by atoms with Gasteiger partial charge in [0.15, 0.2) is 5.96 Å². The Balaban J connectivity index is 0.00000576. The molecule has 2 N–H and O–H groups in total. The van der Waals surface area contributed by atoms with Gasteiger partial charge in [-0.1, -0.05) is 0 Å². The Morgan fingerprint density at radius 1 is 1.08 bits per heavy atom. The average Bonchev–Trinajstić information content (AvgIpc) is 2.60. The van der Waals surface area contributed by atoms with E-state index in [1.807, 2.05) is 45.0 Å². The second-order valence-corrected chi connectivity index (χ2v) is 5.96. The molecule has 0 unspecified atom stereocenters. The average molecular weight is 465 g/mol. The van der Waals surface area contributed by atoms with E-state index in [1.54, 1.807) is 14.2 Å². The normalized spacial score (nSPS) is 11.5. The third kappa shape index (κ3) is 10.4. The highest BCUT2D eigenvalue weighted by Crippen LogP contribution is 2.16.